The van der Waals surface area contributed by atoms with E-state index in [4.69, 9.17) is 0 Å². The van der Waals surface area contributed by atoms with E-state index in [0.717, 1.165) is 43.8 Å². The first-order chi connectivity index (χ1) is 23.1. The fraction of sp³-hybridized carbons (Fsp3) is 0.333. The Hall–Kier alpha value is -4.56. The smallest absolute Gasteiger partial charge is 0.132 e. The van der Waals surface area contributed by atoms with Crippen LogP contribution < -0.4 is 0 Å². The maximum atomic E-state index is 12.6. The Labute approximate surface area is 299 Å². The predicted octanol–water partition coefficient (Wildman–Crippen LogP) is 13.6. The van der Waals surface area contributed by atoms with Gasteiger partial charge in [-0.2, -0.15) is 0 Å². The van der Waals surface area contributed by atoms with Gasteiger partial charge >= 0.3 is 0 Å². The zero-order valence-corrected chi connectivity index (χ0v) is 32.1. The zero-order valence-electron chi connectivity index (χ0n) is 32.1. The highest BCUT2D eigenvalue weighted by Crippen LogP contribution is 2.52. The van der Waals surface area contributed by atoms with Crippen molar-refractivity contribution in [2.24, 2.45) is 0 Å². The number of fused-ring (bicyclic) bond motifs is 2. The monoisotopic (exact) mass is 662 g/mol. The summed E-state index contributed by atoms with van der Waals surface area (Å²) >= 11 is 0. The summed E-state index contributed by atoms with van der Waals surface area (Å²) in [5.41, 5.74) is 9.31. The molecule has 0 aliphatic rings. The van der Waals surface area contributed by atoms with Gasteiger partial charge in [0.25, 0.3) is 0 Å². The summed E-state index contributed by atoms with van der Waals surface area (Å²) in [7, 11) is 0. The Morgan fingerprint density at radius 3 is 0.920 bits per heavy atom. The Bertz CT molecular complexity index is 2030. The van der Waals surface area contributed by atoms with Crippen molar-refractivity contribution < 1.29 is 10.2 Å². The fourth-order valence-corrected chi connectivity index (χ4v) is 6.92. The highest BCUT2D eigenvalue weighted by molar-refractivity contribution is 6.14. The third-order valence-electron chi connectivity index (χ3n) is 10.2. The summed E-state index contributed by atoms with van der Waals surface area (Å²) in [6, 6.07) is 34.1. The molecule has 0 aliphatic heterocycles. The van der Waals surface area contributed by atoms with Gasteiger partial charge in [0, 0.05) is 22.3 Å². The van der Waals surface area contributed by atoms with Crippen LogP contribution in [0.25, 0.3) is 54.9 Å². The van der Waals surface area contributed by atoms with Crippen molar-refractivity contribution in [1.29, 1.82) is 0 Å². The van der Waals surface area contributed by atoms with E-state index in [1.165, 1.54) is 22.3 Å². The molecule has 0 aromatic heterocycles. The average molecular weight is 663 g/mol. The van der Waals surface area contributed by atoms with Crippen LogP contribution in [0, 0.1) is 0 Å². The van der Waals surface area contributed by atoms with Gasteiger partial charge in [0.05, 0.1) is 0 Å². The molecule has 0 unspecified atom stereocenters. The molecule has 2 nitrogen and oxygen atoms in total. The van der Waals surface area contributed by atoms with E-state index >= 15 is 0 Å². The zero-order chi connectivity index (χ0) is 36.6. The lowest BCUT2D eigenvalue weighted by Crippen LogP contribution is -2.16. The molecule has 50 heavy (non-hydrogen) atoms. The first-order valence-electron chi connectivity index (χ1n) is 18.0. The largest absolute Gasteiger partial charge is 0.507 e. The lowest BCUT2D eigenvalue weighted by atomic mass is 9.78. The number of hydrogen-bond donors (Lipinski definition) is 2. The first kappa shape index (κ1) is 35.3. The van der Waals surface area contributed by atoms with Crippen LogP contribution in [0.3, 0.4) is 0 Å². The van der Waals surface area contributed by atoms with Gasteiger partial charge in [-0.3, -0.25) is 0 Å². The van der Waals surface area contributed by atoms with Gasteiger partial charge in [0.15, 0.2) is 0 Å². The van der Waals surface area contributed by atoms with Gasteiger partial charge in [-0.1, -0.05) is 168 Å². The maximum Gasteiger partial charge on any atom is 0.132 e. The summed E-state index contributed by atoms with van der Waals surface area (Å²) < 4.78 is 0. The minimum atomic E-state index is -0.0817. The van der Waals surface area contributed by atoms with Crippen molar-refractivity contribution in [2.75, 3.05) is 0 Å². The van der Waals surface area contributed by atoms with Crippen LogP contribution in [0.4, 0.5) is 0 Å². The van der Waals surface area contributed by atoms with Crippen LogP contribution in [0.1, 0.15) is 105 Å². The summed E-state index contributed by atoms with van der Waals surface area (Å²) in [6.07, 6.45) is 0. The van der Waals surface area contributed by atoms with Gasteiger partial charge in [0.1, 0.15) is 11.5 Å². The summed E-state index contributed by atoms with van der Waals surface area (Å²) in [4.78, 5) is 0. The summed E-state index contributed by atoms with van der Waals surface area (Å²) in [6.45, 7) is 26.8. The third kappa shape index (κ3) is 6.53. The maximum absolute atomic E-state index is 12.6. The second-order valence-electron chi connectivity index (χ2n) is 18.3. The van der Waals surface area contributed by atoms with E-state index in [1.54, 1.807) is 0 Å². The molecule has 0 heterocycles. The normalized spacial score (nSPS) is 13.0. The molecule has 2 heteroatoms. The van der Waals surface area contributed by atoms with Crippen LogP contribution >= 0.6 is 0 Å². The molecule has 0 bridgehead atoms. The molecule has 0 radical (unpaired) electrons. The third-order valence-corrected chi connectivity index (χ3v) is 10.2. The highest BCUT2D eigenvalue weighted by Gasteiger charge is 2.27. The molecule has 0 saturated heterocycles. The second-order valence-corrected chi connectivity index (χ2v) is 18.3. The quantitative estimate of drug-likeness (QED) is 0.198. The number of benzene rings is 6. The number of phenols is 2. The molecule has 0 spiro atoms. The molecule has 0 saturated carbocycles. The highest BCUT2D eigenvalue weighted by atomic mass is 16.3. The molecular formula is C48H54O2. The predicted molar refractivity (Wildman–Crippen MR) is 216 cm³/mol. The van der Waals surface area contributed by atoms with E-state index in [9.17, 15) is 10.2 Å². The van der Waals surface area contributed by atoms with Crippen LogP contribution in [0.15, 0.2) is 97.1 Å². The molecule has 0 atom stereocenters. The Morgan fingerprint density at radius 2 is 0.640 bits per heavy atom. The van der Waals surface area contributed by atoms with Crippen molar-refractivity contribution in [1.82, 2.24) is 0 Å². The van der Waals surface area contributed by atoms with Crippen molar-refractivity contribution in [3.05, 3.63) is 119 Å². The van der Waals surface area contributed by atoms with Crippen LogP contribution in [-0.2, 0) is 21.7 Å². The molecular weight excluding hydrogens is 609 g/mol. The lowest BCUT2D eigenvalue weighted by Gasteiger charge is -2.27. The van der Waals surface area contributed by atoms with Crippen molar-refractivity contribution in [3.63, 3.8) is 0 Å². The lowest BCUT2D eigenvalue weighted by molar-refractivity contribution is 0.472. The average Bonchev–Trinajstić information content (AvgIpc) is 3.03. The van der Waals surface area contributed by atoms with Crippen LogP contribution in [0.5, 0.6) is 11.5 Å². The first-order valence-corrected chi connectivity index (χ1v) is 18.0. The van der Waals surface area contributed by atoms with E-state index in [1.807, 2.05) is 24.3 Å². The Kier molecular flexibility index (Phi) is 8.50. The van der Waals surface area contributed by atoms with E-state index in [0.29, 0.717) is 11.1 Å². The molecule has 6 aromatic rings. The van der Waals surface area contributed by atoms with Gasteiger partial charge in [-0.15, -0.1) is 0 Å². The summed E-state index contributed by atoms with van der Waals surface area (Å²) in [5, 5.41) is 29.0. The summed E-state index contributed by atoms with van der Waals surface area (Å²) in [5.74, 6) is 0.345. The minimum Gasteiger partial charge on any atom is -0.507 e. The number of hydrogen-bond acceptors (Lipinski definition) is 2. The fourth-order valence-electron chi connectivity index (χ4n) is 6.92. The Morgan fingerprint density at radius 1 is 0.360 bits per heavy atom. The van der Waals surface area contributed by atoms with Gasteiger partial charge in [0.2, 0.25) is 0 Å². The van der Waals surface area contributed by atoms with Gasteiger partial charge in [-0.05, 0) is 88.7 Å². The molecule has 6 aromatic carbocycles. The molecule has 0 amide bonds. The van der Waals surface area contributed by atoms with Crippen molar-refractivity contribution in [2.45, 2.75) is 105 Å². The van der Waals surface area contributed by atoms with Crippen LogP contribution in [-0.4, -0.2) is 10.2 Å². The van der Waals surface area contributed by atoms with Crippen molar-refractivity contribution >= 4 is 21.5 Å². The number of rotatable bonds is 3. The van der Waals surface area contributed by atoms with Crippen molar-refractivity contribution in [3.8, 4) is 44.9 Å². The molecule has 258 valence electrons. The molecule has 0 fully saturated rings. The second kappa shape index (κ2) is 12.0. The number of phenolic OH excluding ortho intramolecular Hbond substituents is 2. The molecule has 0 aliphatic carbocycles. The minimum absolute atomic E-state index is 0.0817. The SMILES string of the molecule is CC(C)(C)c1cc(-c2cc3ccccc3c(-c3c(O)c(-c4cc(C(C)(C)C)cc(C(C)(C)C)c4)cc4ccccc34)c2O)cc(C(C)(C)C)c1. The number of aromatic hydroxyl groups is 2. The topological polar surface area (TPSA) is 40.5 Å². The molecule has 2 N–H and O–H groups in total. The van der Waals surface area contributed by atoms with Gasteiger partial charge < -0.3 is 10.2 Å². The van der Waals surface area contributed by atoms with Gasteiger partial charge in [-0.25, -0.2) is 0 Å². The Balaban J connectivity index is 1.74. The van der Waals surface area contributed by atoms with Crippen LogP contribution in [0.2, 0.25) is 0 Å². The molecule has 6 rings (SSSR count). The standard InChI is InChI=1S/C48H54O2/c1-45(2,3)33-21-31(22-34(27-33)46(4,5)6)39-25-29-17-13-15-19-37(29)41(43(39)49)42-38-20-16-14-18-30(38)26-40(44(42)50)32-23-35(47(7,8)9)28-36(24-32)48(10,11)12/h13-28,49-50H,1-12H3. The van der Waals surface area contributed by atoms with E-state index in [2.05, 4.69) is 156 Å². The van der Waals surface area contributed by atoms with E-state index in [-0.39, 0.29) is 33.2 Å². The van der Waals surface area contributed by atoms with E-state index < -0.39 is 0 Å².